The highest BCUT2D eigenvalue weighted by atomic mass is 32.1. The predicted molar refractivity (Wildman–Crippen MR) is 91.6 cm³/mol. The number of benzene rings is 1. The number of halogens is 3. The van der Waals surface area contributed by atoms with Crippen molar-refractivity contribution in [1.29, 1.82) is 0 Å². The van der Waals surface area contributed by atoms with Gasteiger partial charge in [-0.1, -0.05) is 28.6 Å². The number of thiazole rings is 1. The smallest absolute Gasteiger partial charge is 0.416 e. The molecule has 11 heteroatoms. The number of aryl methyl sites for hydroxylation is 1. The number of carbonyl (C=O) groups is 1. The van der Waals surface area contributed by atoms with Crippen molar-refractivity contribution >= 4 is 28.0 Å². The number of rotatable bonds is 4. The quantitative estimate of drug-likeness (QED) is 0.383. The molecule has 0 amide bonds. The minimum atomic E-state index is -4.41. The molecule has 3 rings (SSSR count). The fraction of sp³-hybridized carbons (Fsp3) is 0.250. The minimum absolute atomic E-state index is 0.0223. The van der Waals surface area contributed by atoms with Crippen LogP contribution in [0.25, 0.3) is 16.3 Å². The van der Waals surface area contributed by atoms with Crippen molar-refractivity contribution in [3.8, 4) is 11.4 Å². The van der Waals surface area contributed by atoms with Gasteiger partial charge < -0.3 is 9.57 Å². The Balaban J connectivity index is 2.01. The Hall–Kier alpha value is -2.95. The van der Waals surface area contributed by atoms with E-state index in [0.29, 0.717) is 21.1 Å². The van der Waals surface area contributed by atoms with Crippen LogP contribution in [0.3, 0.4) is 0 Å². The van der Waals surface area contributed by atoms with E-state index in [1.807, 2.05) is 0 Å². The van der Waals surface area contributed by atoms with E-state index in [9.17, 15) is 18.0 Å². The van der Waals surface area contributed by atoms with Crippen molar-refractivity contribution in [1.82, 2.24) is 14.6 Å². The molecule has 0 saturated carbocycles. The summed E-state index contributed by atoms with van der Waals surface area (Å²) in [7, 11) is 2.53. The second-order valence-corrected chi connectivity index (χ2v) is 6.31. The molecule has 0 bridgehead atoms. The number of carbonyl (C=O) groups excluding carboxylic acids is 1. The van der Waals surface area contributed by atoms with Crippen molar-refractivity contribution in [3.63, 3.8) is 0 Å². The number of aromatic nitrogens is 3. The van der Waals surface area contributed by atoms with Gasteiger partial charge in [-0.3, -0.25) is 0 Å². The van der Waals surface area contributed by atoms with Crippen LogP contribution in [0.2, 0.25) is 0 Å². The summed E-state index contributed by atoms with van der Waals surface area (Å²) in [6, 6.07) is 4.57. The third-order valence-electron chi connectivity index (χ3n) is 3.66. The van der Waals surface area contributed by atoms with Gasteiger partial charge in [-0.15, -0.1) is 5.10 Å². The van der Waals surface area contributed by atoms with E-state index >= 15 is 0 Å². The molecule has 0 aliphatic carbocycles. The summed E-state index contributed by atoms with van der Waals surface area (Å²) in [5, 5.41) is 8.00. The van der Waals surface area contributed by atoms with Crippen LogP contribution in [0, 0.1) is 6.92 Å². The molecule has 0 aliphatic rings. The summed E-state index contributed by atoms with van der Waals surface area (Å²) in [6.45, 7) is 1.71. The first kappa shape index (κ1) is 18.8. The average molecular weight is 398 g/mol. The second-order valence-electron chi connectivity index (χ2n) is 5.34. The summed E-state index contributed by atoms with van der Waals surface area (Å²) in [5.74, 6) is -0.402. The number of oxime groups is 1. The molecule has 0 atom stereocenters. The van der Waals surface area contributed by atoms with Crippen LogP contribution in [0.1, 0.15) is 16.1 Å². The first-order valence-electron chi connectivity index (χ1n) is 7.50. The SMILES string of the molecule is CO/N=C(/C(=O)OC)c1sc2nc(-c3ccc(C(F)(F)F)cc3)nn2c1C. The molecule has 2 aromatic heterocycles. The van der Waals surface area contributed by atoms with Gasteiger partial charge in [0.2, 0.25) is 10.7 Å². The van der Waals surface area contributed by atoms with Gasteiger partial charge in [-0.2, -0.15) is 18.2 Å². The van der Waals surface area contributed by atoms with Crippen LogP contribution in [0.5, 0.6) is 0 Å². The van der Waals surface area contributed by atoms with Crippen LogP contribution in [0.4, 0.5) is 13.2 Å². The van der Waals surface area contributed by atoms with Gasteiger partial charge in [0.25, 0.3) is 0 Å². The molecule has 0 radical (unpaired) electrons. The number of nitrogens with zero attached hydrogens (tertiary/aromatic N) is 4. The number of methoxy groups -OCH3 is 1. The Morgan fingerprint density at radius 3 is 2.41 bits per heavy atom. The highest BCUT2D eigenvalue weighted by Crippen LogP contribution is 2.31. The van der Waals surface area contributed by atoms with E-state index in [-0.39, 0.29) is 11.5 Å². The van der Waals surface area contributed by atoms with Crippen molar-refractivity contribution in [2.24, 2.45) is 5.16 Å². The Labute approximate surface area is 155 Å². The molecule has 2 heterocycles. The molecule has 0 unspecified atom stereocenters. The van der Waals surface area contributed by atoms with Gasteiger partial charge in [-0.05, 0) is 19.1 Å². The van der Waals surface area contributed by atoms with Gasteiger partial charge in [-0.25, -0.2) is 9.31 Å². The van der Waals surface area contributed by atoms with Crippen LogP contribution >= 0.6 is 11.3 Å². The third kappa shape index (κ3) is 3.50. The molecule has 0 fully saturated rings. The lowest BCUT2D eigenvalue weighted by Gasteiger charge is -2.06. The summed E-state index contributed by atoms with van der Waals surface area (Å²) >= 11 is 1.14. The summed E-state index contributed by atoms with van der Waals surface area (Å²) in [4.78, 5) is 21.8. The van der Waals surface area contributed by atoms with E-state index in [1.54, 1.807) is 6.92 Å². The Morgan fingerprint density at radius 2 is 1.89 bits per heavy atom. The number of ether oxygens (including phenoxy) is 1. The molecule has 7 nitrogen and oxygen atoms in total. The standard InChI is InChI=1S/C16H13F3N4O3S/c1-8-12(11(22-26-3)14(24)25-2)27-15-20-13(21-23(8)15)9-4-6-10(7-5-9)16(17,18)19/h4-7H,1-3H3/b22-11+. The molecule has 0 saturated heterocycles. The first-order valence-corrected chi connectivity index (χ1v) is 8.31. The van der Waals surface area contributed by atoms with E-state index in [2.05, 4.69) is 15.2 Å². The number of hydrogen-bond donors (Lipinski definition) is 0. The topological polar surface area (TPSA) is 78.1 Å². The van der Waals surface area contributed by atoms with Gasteiger partial charge in [0.15, 0.2) is 5.82 Å². The van der Waals surface area contributed by atoms with E-state index in [4.69, 9.17) is 9.57 Å². The van der Waals surface area contributed by atoms with Gasteiger partial charge in [0.1, 0.15) is 7.11 Å². The maximum atomic E-state index is 12.7. The fourth-order valence-electron chi connectivity index (χ4n) is 2.35. The Kier molecular flexibility index (Phi) is 4.87. The maximum absolute atomic E-state index is 12.7. The molecule has 142 valence electrons. The average Bonchev–Trinajstić information content (AvgIpc) is 3.18. The molecular weight excluding hydrogens is 385 g/mol. The number of fused-ring (bicyclic) bond motifs is 1. The largest absolute Gasteiger partial charge is 0.464 e. The van der Waals surface area contributed by atoms with Crippen LogP contribution in [0.15, 0.2) is 29.4 Å². The molecule has 1 aromatic carbocycles. The predicted octanol–water partition coefficient (Wildman–Crippen LogP) is 3.31. The minimum Gasteiger partial charge on any atom is -0.464 e. The van der Waals surface area contributed by atoms with Crippen molar-refractivity contribution in [2.45, 2.75) is 13.1 Å². The lowest BCUT2D eigenvalue weighted by atomic mass is 10.1. The van der Waals surface area contributed by atoms with Crippen molar-refractivity contribution in [2.75, 3.05) is 14.2 Å². The van der Waals surface area contributed by atoms with Crippen LogP contribution in [-0.2, 0) is 20.5 Å². The van der Waals surface area contributed by atoms with Crippen LogP contribution < -0.4 is 0 Å². The summed E-state index contributed by atoms with van der Waals surface area (Å²) < 4.78 is 44.2. The van der Waals surface area contributed by atoms with Crippen molar-refractivity contribution in [3.05, 3.63) is 40.4 Å². The highest BCUT2D eigenvalue weighted by molar-refractivity contribution is 7.19. The van der Waals surface area contributed by atoms with Crippen molar-refractivity contribution < 1.29 is 27.5 Å². The summed E-state index contributed by atoms with van der Waals surface area (Å²) in [6.07, 6.45) is -4.41. The highest BCUT2D eigenvalue weighted by Gasteiger charge is 2.30. The molecule has 0 spiro atoms. The van der Waals surface area contributed by atoms with Gasteiger partial charge in [0.05, 0.1) is 23.2 Å². The second kappa shape index (κ2) is 6.99. The summed E-state index contributed by atoms with van der Waals surface area (Å²) in [5.41, 5.74) is 0.246. The molecule has 3 aromatic rings. The first-order chi connectivity index (χ1) is 12.8. The van der Waals surface area contributed by atoms with E-state index in [0.717, 1.165) is 23.5 Å². The van der Waals surface area contributed by atoms with E-state index < -0.39 is 17.7 Å². The number of esters is 1. The van der Waals surface area contributed by atoms with E-state index in [1.165, 1.54) is 30.9 Å². The number of alkyl halides is 3. The Morgan fingerprint density at radius 1 is 1.22 bits per heavy atom. The Bertz CT molecular complexity index is 1020. The maximum Gasteiger partial charge on any atom is 0.416 e. The zero-order valence-corrected chi connectivity index (χ0v) is 15.2. The zero-order chi connectivity index (χ0) is 19.8. The number of hydrogen-bond acceptors (Lipinski definition) is 7. The zero-order valence-electron chi connectivity index (χ0n) is 14.4. The molecular formula is C16H13F3N4O3S. The third-order valence-corrected chi connectivity index (χ3v) is 4.80. The molecule has 0 aliphatic heterocycles. The molecule has 0 N–H and O–H groups in total. The van der Waals surface area contributed by atoms with Gasteiger partial charge >= 0.3 is 12.1 Å². The van der Waals surface area contributed by atoms with Crippen LogP contribution in [-0.4, -0.2) is 40.5 Å². The van der Waals surface area contributed by atoms with Gasteiger partial charge in [0, 0.05) is 5.56 Å². The normalized spacial score (nSPS) is 12.4. The monoisotopic (exact) mass is 398 g/mol. The molecule has 27 heavy (non-hydrogen) atoms. The lowest BCUT2D eigenvalue weighted by molar-refractivity contribution is -0.137. The lowest BCUT2D eigenvalue weighted by Crippen LogP contribution is -2.17. The fourth-order valence-corrected chi connectivity index (χ4v) is 3.38.